The number of carbonyl (C=O) groups is 2. The van der Waals surface area contributed by atoms with Gasteiger partial charge in [0.25, 0.3) is 5.91 Å². The van der Waals surface area contributed by atoms with Gasteiger partial charge in [0.2, 0.25) is 5.91 Å². The summed E-state index contributed by atoms with van der Waals surface area (Å²) in [4.78, 5) is 23.2. The molecule has 1 aromatic rings. The topological polar surface area (TPSA) is 84.2 Å². The van der Waals surface area contributed by atoms with Gasteiger partial charge in [-0.25, -0.2) is 0 Å². The Morgan fingerprint density at radius 3 is 2.71 bits per heavy atom. The number of benzene rings is 1. The molecule has 4 N–H and O–H groups in total. The van der Waals surface area contributed by atoms with Crippen molar-refractivity contribution in [3.8, 4) is 0 Å². The predicted octanol–water partition coefficient (Wildman–Crippen LogP) is 0.828. The van der Waals surface area contributed by atoms with Gasteiger partial charge in [-0.3, -0.25) is 9.59 Å². The monoisotopic (exact) mass is 231 g/mol. The van der Waals surface area contributed by atoms with Gasteiger partial charge in [0.1, 0.15) is 0 Å². The number of rotatable bonds is 1. The lowest BCUT2D eigenvalue weighted by atomic mass is 10.0. The third-order valence-corrected chi connectivity index (χ3v) is 3.16. The molecule has 5 nitrogen and oxygen atoms in total. The van der Waals surface area contributed by atoms with E-state index in [4.69, 9.17) is 5.73 Å². The van der Waals surface area contributed by atoms with Crippen LogP contribution < -0.4 is 16.4 Å². The fraction of sp³-hybridized carbons (Fsp3) is 0.333. The molecule has 17 heavy (non-hydrogen) atoms. The molecule has 1 fully saturated rings. The fourth-order valence-corrected chi connectivity index (χ4v) is 2.10. The van der Waals surface area contributed by atoms with E-state index >= 15 is 0 Å². The summed E-state index contributed by atoms with van der Waals surface area (Å²) in [6, 6.07) is 3.69. The number of carbonyl (C=O) groups excluding carboxylic acids is 2. The van der Waals surface area contributed by atoms with E-state index < -0.39 is 0 Å². The molecule has 0 spiro atoms. The van der Waals surface area contributed by atoms with Crippen LogP contribution in [0.15, 0.2) is 12.1 Å². The summed E-state index contributed by atoms with van der Waals surface area (Å²) in [6.07, 6.45) is 2.29. The second kappa shape index (κ2) is 3.48. The SMILES string of the molecule is Nc1cc(C2CC2)cc2c1NC(=O)CNC2=O. The number of anilines is 2. The number of fused-ring (bicyclic) bond motifs is 1. The molecule has 1 aliphatic heterocycles. The molecular weight excluding hydrogens is 218 g/mol. The zero-order valence-corrected chi connectivity index (χ0v) is 9.25. The lowest BCUT2D eigenvalue weighted by molar-refractivity contribution is -0.115. The summed E-state index contributed by atoms with van der Waals surface area (Å²) in [5.41, 5.74) is 8.37. The van der Waals surface area contributed by atoms with E-state index in [9.17, 15) is 9.59 Å². The Morgan fingerprint density at radius 1 is 1.24 bits per heavy atom. The van der Waals surface area contributed by atoms with E-state index in [2.05, 4.69) is 10.6 Å². The summed E-state index contributed by atoms with van der Waals surface area (Å²) < 4.78 is 0. The standard InChI is InChI=1S/C12H13N3O2/c13-9-4-7(6-1-2-6)3-8-11(9)15-10(16)5-14-12(8)17/h3-4,6H,1-2,5,13H2,(H,14,17)(H,15,16). The van der Waals surface area contributed by atoms with Gasteiger partial charge >= 0.3 is 0 Å². The third kappa shape index (κ3) is 1.73. The molecule has 0 unspecified atom stereocenters. The summed E-state index contributed by atoms with van der Waals surface area (Å²) >= 11 is 0. The second-order valence-corrected chi connectivity index (χ2v) is 4.54. The van der Waals surface area contributed by atoms with Gasteiger partial charge in [-0.1, -0.05) is 0 Å². The van der Waals surface area contributed by atoms with Crippen molar-refractivity contribution in [2.24, 2.45) is 0 Å². The fourth-order valence-electron chi connectivity index (χ4n) is 2.10. The van der Waals surface area contributed by atoms with Crippen molar-refractivity contribution in [3.63, 3.8) is 0 Å². The Bertz CT molecular complexity index is 521. The van der Waals surface area contributed by atoms with Crippen molar-refractivity contribution in [2.45, 2.75) is 18.8 Å². The molecule has 2 aliphatic rings. The first-order valence-corrected chi connectivity index (χ1v) is 5.66. The van der Waals surface area contributed by atoms with Gasteiger partial charge in [-0.05, 0) is 36.5 Å². The van der Waals surface area contributed by atoms with Crippen LogP contribution in [0.5, 0.6) is 0 Å². The first-order valence-electron chi connectivity index (χ1n) is 5.66. The lowest BCUT2D eigenvalue weighted by Crippen LogP contribution is -2.28. The molecule has 3 rings (SSSR count). The van der Waals surface area contributed by atoms with Crippen LogP contribution in [0.3, 0.4) is 0 Å². The highest BCUT2D eigenvalue weighted by Crippen LogP contribution is 2.42. The Kier molecular flexibility index (Phi) is 2.07. The van der Waals surface area contributed by atoms with Crippen molar-refractivity contribution >= 4 is 23.2 Å². The summed E-state index contributed by atoms with van der Waals surface area (Å²) in [5.74, 6) is 0.0323. The number of nitrogens with one attached hydrogen (secondary N) is 2. The average molecular weight is 231 g/mol. The third-order valence-electron chi connectivity index (χ3n) is 3.16. The Labute approximate surface area is 98.4 Å². The zero-order valence-electron chi connectivity index (χ0n) is 9.25. The minimum atomic E-state index is -0.247. The minimum absolute atomic E-state index is 0.00822. The van der Waals surface area contributed by atoms with E-state index in [-0.39, 0.29) is 18.4 Å². The summed E-state index contributed by atoms with van der Waals surface area (Å²) in [5, 5.41) is 5.22. The van der Waals surface area contributed by atoms with E-state index in [1.807, 2.05) is 12.1 Å². The van der Waals surface area contributed by atoms with Crippen LogP contribution in [0.2, 0.25) is 0 Å². The largest absolute Gasteiger partial charge is 0.397 e. The molecule has 1 aromatic carbocycles. The lowest BCUT2D eigenvalue weighted by Gasteiger charge is -2.11. The van der Waals surface area contributed by atoms with Crippen LogP contribution in [0.4, 0.5) is 11.4 Å². The van der Waals surface area contributed by atoms with Gasteiger partial charge < -0.3 is 16.4 Å². The second-order valence-electron chi connectivity index (χ2n) is 4.54. The number of nitrogen functional groups attached to an aromatic ring is 1. The molecule has 0 bridgehead atoms. The highest BCUT2D eigenvalue weighted by molar-refractivity contribution is 6.11. The van der Waals surface area contributed by atoms with E-state index in [1.165, 1.54) is 0 Å². The molecule has 5 heteroatoms. The first kappa shape index (κ1) is 10.1. The highest BCUT2D eigenvalue weighted by Gasteiger charge is 2.28. The Hall–Kier alpha value is -2.04. The number of nitrogens with two attached hydrogens (primary N) is 1. The summed E-state index contributed by atoms with van der Waals surface area (Å²) in [7, 11) is 0. The van der Waals surface area contributed by atoms with Gasteiger partial charge in [-0.2, -0.15) is 0 Å². The van der Waals surface area contributed by atoms with Gasteiger partial charge in [0, 0.05) is 0 Å². The van der Waals surface area contributed by atoms with Gasteiger partial charge in [0.15, 0.2) is 0 Å². The maximum absolute atomic E-state index is 11.8. The van der Waals surface area contributed by atoms with Crippen molar-refractivity contribution in [2.75, 3.05) is 17.6 Å². The van der Waals surface area contributed by atoms with Crippen LogP contribution >= 0.6 is 0 Å². The molecule has 0 radical (unpaired) electrons. The molecule has 0 aromatic heterocycles. The van der Waals surface area contributed by atoms with Crippen LogP contribution in [-0.4, -0.2) is 18.4 Å². The van der Waals surface area contributed by atoms with E-state index in [0.717, 1.165) is 18.4 Å². The van der Waals surface area contributed by atoms with Crippen LogP contribution in [-0.2, 0) is 4.79 Å². The number of hydrogen-bond donors (Lipinski definition) is 3. The van der Waals surface area contributed by atoms with E-state index in [0.29, 0.717) is 22.9 Å². The molecule has 1 saturated carbocycles. The molecule has 1 heterocycles. The Morgan fingerprint density at radius 2 is 2.00 bits per heavy atom. The minimum Gasteiger partial charge on any atom is -0.397 e. The molecule has 1 aliphatic carbocycles. The highest BCUT2D eigenvalue weighted by atomic mass is 16.2. The van der Waals surface area contributed by atoms with Crippen molar-refractivity contribution in [3.05, 3.63) is 23.3 Å². The maximum Gasteiger partial charge on any atom is 0.253 e. The molecular formula is C12H13N3O2. The quantitative estimate of drug-likeness (QED) is 0.626. The molecule has 0 saturated heterocycles. The van der Waals surface area contributed by atoms with Crippen LogP contribution in [0, 0.1) is 0 Å². The predicted molar refractivity (Wildman–Crippen MR) is 63.8 cm³/mol. The van der Waals surface area contributed by atoms with Gasteiger partial charge in [0.05, 0.1) is 23.5 Å². The number of amides is 2. The van der Waals surface area contributed by atoms with Crippen LogP contribution in [0.1, 0.15) is 34.7 Å². The maximum atomic E-state index is 11.8. The zero-order chi connectivity index (χ0) is 12.0. The number of hydrogen-bond acceptors (Lipinski definition) is 3. The van der Waals surface area contributed by atoms with Gasteiger partial charge in [-0.15, -0.1) is 0 Å². The summed E-state index contributed by atoms with van der Waals surface area (Å²) in [6.45, 7) is -0.00822. The Balaban J connectivity index is 2.12. The smallest absolute Gasteiger partial charge is 0.253 e. The average Bonchev–Trinajstić information content (AvgIpc) is 3.11. The van der Waals surface area contributed by atoms with Crippen molar-refractivity contribution in [1.29, 1.82) is 0 Å². The van der Waals surface area contributed by atoms with E-state index in [1.54, 1.807) is 0 Å². The molecule has 0 atom stereocenters. The molecule has 88 valence electrons. The van der Waals surface area contributed by atoms with Crippen molar-refractivity contribution in [1.82, 2.24) is 5.32 Å². The van der Waals surface area contributed by atoms with Crippen molar-refractivity contribution < 1.29 is 9.59 Å². The molecule has 2 amide bonds. The normalized spacial score (nSPS) is 19.1. The van der Waals surface area contributed by atoms with Crippen LogP contribution in [0.25, 0.3) is 0 Å². The first-order chi connectivity index (χ1) is 8.15.